The molecule has 0 aliphatic carbocycles. The van der Waals surface area contributed by atoms with Crippen molar-refractivity contribution in [1.29, 1.82) is 5.41 Å². The van der Waals surface area contributed by atoms with Gasteiger partial charge in [0.15, 0.2) is 11.5 Å². The van der Waals surface area contributed by atoms with Gasteiger partial charge in [0.1, 0.15) is 5.82 Å². The number of rotatable bonds is 6. The van der Waals surface area contributed by atoms with Gasteiger partial charge >= 0.3 is 0 Å². The van der Waals surface area contributed by atoms with E-state index in [1.807, 2.05) is 18.2 Å². The van der Waals surface area contributed by atoms with Crippen molar-refractivity contribution in [2.45, 2.75) is 12.8 Å². The first-order valence-corrected chi connectivity index (χ1v) is 6.68. The summed E-state index contributed by atoms with van der Waals surface area (Å²) in [5.41, 5.74) is 2.09. The van der Waals surface area contributed by atoms with Crippen molar-refractivity contribution < 1.29 is 13.9 Å². The molecule has 0 aromatic heterocycles. The Labute approximate surface area is 123 Å². The van der Waals surface area contributed by atoms with Crippen LogP contribution < -0.4 is 9.47 Å². The van der Waals surface area contributed by atoms with Crippen molar-refractivity contribution in [3.63, 3.8) is 0 Å². The molecular formula is C17H18FNO2. The van der Waals surface area contributed by atoms with Gasteiger partial charge in [0, 0.05) is 5.71 Å². The van der Waals surface area contributed by atoms with E-state index in [0.717, 1.165) is 5.56 Å². The van der Waals surface area contributed by atoms with Gasteiger partial charge in [-0.15, -0.1) is 0 Å². The minimum absolute atomic E-state index is 0.316. The van der Waals surface area contributed by atoms with Crippen LogP contribution in [-0.2, 0) is 6.42 Å². The van der Waals surface area contributed by atoms with Gasteiger partial charge in [0.25, 0.3) is 0 Å². The lowest BCUT2D eigenvalue weighted by Gasteiger charge is -2.10. The van der Waals surface area contributed by atoms with Gasteiger partial charge in [-0.1, -0.05) is 18.2 Å². The number of hydrogen-bond donors (Lipinski definition) is 1. The molecule has 0 unspecified atom stereocenters. The molecule has 21 heavy (non-hydrogen) atoms. The predicted molar refractivity (Wildman–Crippen MR) is 81.1 cm³/mol. The summed E-state index contributed by atoms with van der Waals surface area (Å²) in [6.45, 7) is 0. The van der Waals surface area contributed by atoms with Crippen molar-refractivity contribution in [2.75, 3.05) is 14.2 Å². The molecule has 0 heterocycles. The largest absolute Gasteiger partial charge is 0.493 e. The number of benzene rings is 2. The third-order valence-electron chi connectivity index (χ3n) is 3.28. The lowest BCUT2D eigenvalue weighted by atomic mass is 10.0. The molecule has 0 amide bonds. The summed E-state index contributed by atoms with van der Waals surface area (Å²) in [6.07, 6.45) is 1.23. The number of aryl methyl sites for hydroxylation is 1. The first-order valence-electron chi connectivity index (χ1n) is 6.68. The van der Waals surface area contributed by atoms with Crippen LogP contribution in [0, 0.1) is 11.2 Å². The molecule has 2 aromatic rings. The zero-order valence-corrected chi connectivity index (χ0v) is 12.2. The van der Waals surface area contributed by atoms with Gasteiger partial charge in [-0.25, -0.2) is 4.39 Å². The third-order valence-corrected chi connectivity index (χ3v) is 3.28. The first kappa shape index (κ1) is 15.0. The van der Waals surface area contributed by atoms with E-state index in [2.05, 4.69) is 0 Å². The van der Waals surface area contributed by atoms with E-state index in [9.17, 15) is 4.39 Å². The van der Waals surface area contributed by atoms with Gasteiger partial charge in [-0.3, -0.25) is 0 Å². The van der Waals surface area contributed by atoms with Gasteiger partial charge in [0.2, 0.25) is 0 Å². The van der Waals surface area contributed by atoms with Gasteiger partial charge in [-0.05, 0) is 48.2 Å². The van der Waals surface area contributed by atoms with Crippen LogP contribution in [-0.4, -0.2) is 19.9 Å². The maximum Gasteiger partial charge on any atom is 0.160 e. The zero-order valence-electron chi connectivity index (χ0n) is 12.2. The summed E-state index contributed by atoms with van der Waals surface area (Å²) in [5, 5.41) is 8.03. The molecule has 0 fully saturated rings. The smallest absolute Gasteiger partial charge is 0.160 e. The maximum atomic E-state index is 13.1. The fraction of sp³-hybridized carbons (Fsp3) is 0.235. The second kappa shape index (κ2) is 6.88. The molecule has 2 rings (SSSR count). The van der Waals surface area contributed by atoms with E-state index >= 15 is 0 Å². The zero-order chi connectivity index (χ0) is 15.2. The fourth-order valence-corrected chi connectivity index (χ4v) is 2.13. The average Bonchev–Trinajstić information content (AvgIpc) is 2.52. The molecule has 0 aliphatic heterocycles. The van der Waals surface area contributed by atoms with Crippen LogP contribution >= 0.6 is 0 Å². The van der Waals surface area contributed by atoms with Crippen LogP contribution in [0.3, 0.4) is 0 Å². The van der Waals surface area contributed by atoms with Crippen LogP contribution in [0.25, 0.3) is 0 Å². The van der Waals surface area contributed by atoms with Crippen LogP contribution in [0.1, 0.15) is 17.5 Å². The second-order valence-electron chi connectivity index (χ2n) is 4.68. The highest BCUT2D eigenvalue weighted by atomic mass is 19.1. The Morgan fingerprint density at radius 2 is 1.81 bits per heavy atom. The highest BCUT2D eigenvalue weighted by Crippen LogP contribution is 2.28. The number of methoxy groups -OCH3 is 2. The molecule has 0 saturated carbocycles. The van der Waals surface area contributed by atoms with Crippen molar-refractivity contribution in [3.8, 4) is 11.5 Å². The minimum Gasteiger partial charge on any atom is -0.493 e. The molecule has 110 valence electrons. The van der Waals surface area contributed by atoms with Crippen molar-refractivity contribution in [3.05, 3.63) is 59.4 Å². The lowest BCUT2D eigenvalue weighted by molar-refractivity contribution is 0.354. The van der Waals surface area contributed by atoms with Gasteiger partial charge in [0.05, 0.1) is 14.2 Å². The lowest BCUT2D eigenvalue weighted by Crippen LogP contribution is -2.02. The molecule has 3 nitrogen and oxygen atoms in total. The van der Waals surface area contributed by atoms with Gasteiger partial charge < -0.3 is 14.9 Å². The number of hydrogen-bond acceptors (Lipinski definition) is 3. The Bertz CT molecular complexity index is 640. The molecule has 0 aliphatic rings. The number of nitrogens with one attached hydrogen (secondary N) is 1. The normalized spacial score (nSPS) is 10.2. The van der Waals surface area contributed by atoms with E-state index in [0.29, 0.717) is 35.6 Å². The molecule has 0 radical (unpaired) electrons. The summed E-state index contributed by atoms with van der Waals surface area (Å²) < 4.78 is 23.6. The molecule has 0 saturated heterocycles. The van der Waals surface area contributed by atoms with Gasteiger partial charge in [-0.2, -0.15) is 0 Å². The average molecular weight is 287 g/mol. The van der Waals surface area contributed by atoms with E-state index in [-0.39, 0.29) is 5.82 Å². The topological polar surface area (TPSA) is 42.3 Å². The Hall–Kier alpha value is -2.36. The first-order chi connectivity index (χ1) is 10.1. The van der Waals surface area contributed by atoms with E-state index in [1.54, 1.807) is 26.4 Å². The highest BCUT2D eigenvalue weighted by molar-refractivity contribution is 5.98. The Morgan fingerprint density at radius 1 is 1.05 bits per heavy atom. The van der Waals surface area contributed by atoms with E-state index < -0.39 is 0 Å². The number of halogens is 1. The molecular weight excluding hydrogens is 269 g/mol. The van der Waals surface area contributed by atoms with Crippen molar-refractivity contribution >= 4 is 5.71 Å². The standard InChI is InChI=1S/C17H18FNO2/c1-20-16-9-7-12(10-17(16)21-2)6-8-15(19)13-4-3-5-14(18)11-13/h3-5,7,9-11,19H,6,8H2,1-2H3. The van der Waals surface area contributed by atoms with Crippen molar-refractivity contribution in [2.24, 2.45) is 0 Å². The monoisotopic (exact) mass is 287 g/mol. The summed E-state index contributed by atoms with van der Waals surface area (Å²) in [6, 6.07) is 11.8. The second-order valence-corrected chi connectivity index (χ2v) is 4.68. The molecule has 0 bridgehead atoms. The Morgan fingerprint density at radius 3 is 2.48 bits per heavy atom. The molecule has 4 heteroatoms. The third kappa shape index (κ3) is 3.81. The minimum atomic E-state index is -0.316. The summed E-state index contributed by atoms with van der Waals surface area (Å²) in [5.74, 6) is 1.04. The SMILES string of the molecule is COc1ccc(CCC(=N)c2cccc(F)c2)cc1OC. The molecule has 1 N–H and O–H groups in total. The van der Waals surface area contributed by atoms with E-state index in [1.165, 1.54) is 12.1 Å². The van der Waals surface area contributed by atoms with Crippen molar-refractivity contribution in [1.82, 2.24) is 0 Å². The Kier molecular flexibility index (Phi) is 4.93. The highest BCUT2D eigenvalue weighted by Gasteiger charge is 2.07. The molecule has 0 spiro atoms. The summed E-state index contributed by atoms with van der Waals surface area (Å²) in [7, 11) is 3.19. The predicted octanol–water partition coefficient (Wildman–Crippen LogP) is 3.84. The summed E-state index contributed by atoms with van der Waals surface area (Å²) >= 11 is 0. The van der Waals surface area contributed by atoms with Crippen LogP contribution in [0.2, 0.25) is 0 Å². The Balaban J connectivity index is 2.04. The number of ether oxygens (including phenoxy) is 2. The molecule has 2 aromatic carbocycles. The van der Waals surface area contributed by atoms with Crippen LogP contribution in [0.5, 0.6) is 11.5 Å². The quantitative estimate of drug-likeness (QED) is 0.820. The van der Waals surface area contributed by atoms with Crippen LogP contribution in [0.15, 0.2) is 42.5 Å². The van der Waals surface area contributed by atoms with E-state index in [4.69, 9.17) is 14.9 Å². The maximum absolute atomic E-state index is 13.1. The fourth-order valence-electron chi connectivity index (χ4n) is 2.13. The van der Waals surface area contributed by atoms with Crippen LogP contribution in [0.4, 0.5) is 4.39 Å². The summed E-state index contributed by atoms with van der Waals surface area (Å²) in [4.78, 5) is 0. The molecule has 0 atom stereocenters.